The third-order valence-electron chi connectivity index (χ3n) is 0. The van der Waals surface area contributed by atoms with E-state index in [9.17, 15) is 0 Å². The monoisotopic (exact) mass is 528 g/mol. The van der Waals surface area contributed by atoms with Crippen LogP contribution in [0.2, 0.25) is 0 Å². The van der Waals surface area contributed by atoms with E-state index >= 15 is 0 Å². The maximum atomic E-state index is 0. The molecule has 0 N–H and O–H groups in total. The SMILES string of the molecule is [Xe].[Xe].[Xe].[Xe]. The Labute approximate surface area is 188 Å². The molecule has 0 bridgehead atoms. The summed E-state index contributed by atoms with van der Waals surface area (Å²) in [5, 5.41) is 0. The van der Waals surface area contributed by atoms with Crippen molar-refractivity contribution in [3.05, 3.63) is 0 Å². The molecule has 0 aromatic heterocycles. The summed E-state index contributed by atoms with van der Waals surface area (Å²) >= 11 is 0. The molecule has 0 amide bonds. The van der Waals surface area contributed by atoms with Gasteiger partial charge >= 0.3 is 0 Å². The first-order valence-electron chi connectivity index (χ1n) is 0. The molecule has 0 saturated carbocycles. The molecule has 0 aromatic carbocycles. The normalized spacial score (nSPS) is 0. The van der Waals surface area contributed by atoms with Crippen LogP contribution < -0.4 is 0 Å². The Balaban J connectivity index is 0. The minimum atomic E-state index is 0. The second-order valence-corrected chi connectivity index (χ2v) is 0. The van der Waals surface area contributed by atoms with Gasteiger partial charge in [0.2, 0.25) is 0 Å². The molecule has 0 spiro atoms. The second-order valence-electron chi connectivity index (χ2n) is 0. The Hall–Kier alpha value is 6.29. The predicted molar refractivity (Wildman–Crippen MR) is 0 cm³/mol. The molecule has 4 heavy (non-hydrogen) atoms. The van der Waals surface area contributed by atoms with E-state index in [1.54, 1.807) is 0 Å². The van der Waals surface area contributed by atoms with Gasteiger partial charge in [0, 0.05) is 196 Å². The van der Waals surface area contributed by atoms with E-state index in [-0.39, 0.29) is 196 Å². The van der Waals surface area contributed by atoms with E-state index in [2.05, 4.69) is 0 Å². The van der Waals surface area contributed by atoms with Crippen molar-refractivity contribution in [2.24, 2.45) is 0 Å². The van der Waals surface area contributed by atoms with Crippen LogP contribution >= 0.6 is 0 Å². The van der Waals surface area contributed by atoms with Crippen LogP contribution in [0.15, 0.2) is 0 Å². The maximum absolute atomic E-state index is 0. The molecule has 4 heteroatoms. The fourth-order valence-corrected chi connectivity index (χ4v) is 0. The number of hydrogen-bond donors (Lipinski definition) is 0. The summed E-state index contributed by atoms with van der Waals surface area (Å²) in [7, 11) is 0. The molecule has 0 aromatic rings. The van der Waals surface area contributed by atoms with Gasteiger partial charge < -0.3 is 0 Å². The first-order valence-corrected chi connectivity index (χ1v) is 0. The molecule has 0 aliphatic carbocycles. The van der Waals surface area contributed by atoms with Gasteiger partial charge in [0.15, 0.2) is 0 Å². The number of rotatable bonds is 0. The zero-order valence-corrected chi connectivity index (χ0v) is 9.49. The van der Waals surface area contributed by atoms with E-state index in [0.29, 0.717) is 0 Å². The van der Waals surface area contributed by atoms with Gasteiger partial charge in [0.25, 0.3) is 0 Å². The Morgan fingerprint density at radius 3 is 0.250 bits per heavy atom. The van der Waals surface area contributed by atoms with Crippen LogP contribution in [0.5, 0.6) is 0 Å². The predicted octanol–water partition coefficient (Wildman–Crippen LogP) is 0. The van der Waals surface area contributed by atoms with E-state index < -0.39 is 0 Å². The molecular formula is Xe4. The average Bonchev–Trinajstić information content (AvgIpc) is 0. The molecular weight excluding hydrogens is 525 g/mol. The molecule has 0 saturated heterocycles. The zero-order valence-electron chi connectivity index (χ0n) is 1.41. The van der Waals surface area contributed by atoms with Crippen LogP contribution in [0.4, 0.5) is 0 Å². The summed E-state index contributed by atoms with van der Waals surface area (Å²) in [6, 6.07) is 0. The first kappa shape index (κ1) is 22.4. The quantitative estimate of drug-likeness (QED) is 0.418. The molecule has 0 nitrogen and oxygen atoms in total. The average molecular weight is 525 g/mol. The van der Waals surface area contributed by atoms with Crippen LogP contribution in [0, 0.1) is 196 Å². The van der Waals surface area contributed by atoms with E-state index in [0.717, 1.165) is 0 Å². The summed E-state index contributed by atoms with van der Waals surface area (Å²) in [4.78, 5) is 0. The van der Waals surface area contributed by atoms with Crippen molar-refractivity contribution in [1.82, 2.24) is 0 Å². The summed E-state index contributed by atoms with van der Waals surface area (Å²) < 4.78 is 0. The standard InChI is InChI=1S/4Xe. The summed E-state index contributed by atoms with van der Waals surface area (Å²) in [5.41, 5.74) is 0. The molecule has 0 aliphatic rings. The van der Waals surface area contributed by atoms with Gasteiger partial charge in [0.05, 0.1) is 0 Å². The van der Waals surface area contributed by atoms with Crippen LogP contribution in [0.3, 0.4) is 0 Å². The summed E-state index contributed by atoms with van der Waals surface area (Å²) in [6.07, 6.45) is 0. The summed E-state index contributed by atoms with van der Waals surface area (Å²) in [6.45, 7) is 0. The van der Waals surface area contributed by atoms with Crippen molar-refractivity contribution in [2.75, 3.05) is 0 Å². The van der Waals surface area contributed by atoms with Gasteiger partial charge in [-0.1, -0.05) is 0 Å². The Morgan fingerprint density at radius 2 is 0.250 bits per heavy atom. The van der Waals surface area contributed by atoms with Gasteiger partial charge in [0.1, 0.15) is 0 Å². The van der Waals surface area contributed by atoms with Gasteiger partial charge in [-0.2, -0.15) is 0 Å². The molecule has 0 radical (unpaired) electrons. The van der Waals surface area contributed by atoms with Gasteiger partial charge in [-0.3, -0.25) is 0 Å². The van der Waals surface area contributed by atoms with Gasteiger partial charge in [-0.05, 0) is 0 Å². The van der Waals surface area contributed by atoms with Crippen LogP contribution in [0.25, 0.3) is 0 Å². The molecule has 0 heterocycles. The fraction of sp³-hybridized carbons (Fsp3) is 0. The Morgan fingerprint density at radius 1 is 0.250 bits per heavy atom. The third-order valence-corrected chi connectivity index (χ3v) is 0. The molecule has 0 aliphatic heterocycles. The van der Waals surface area contributed by atoms with Crippen molar-refractivity contribution >= 4 is 0 Å². The van der Waals surface area contributed by atoms with Gasteiger partial charge in [-0.15, -0.1) is 0 Å². The molecule has 0 atom stereocenters. The Bertz CT molecular complexity index is 0. The first-order chi connectivity index (χ1) is 0. The molecule has 32 valence electrons. The smallest absolute Gasteiger partial charge is 0 e. The third kappa shape index (κ3) is 11.1. The van der Waals surface area contributed by atoms with Crippen molar-refractivity contribution in [2.45, 2.75) is 0 Å². The maximum Gasteiger partial charge on any atom is 0 e. The molecule has 0 rings (SSSR count). The molecule has 0 fully saturated rings. The van der Waals surface area contributed by atoms with Crippen LogP contribution in [-0.2, 0) is 0 Å². The zero-order chi connectivity index (χ0) is 0. The van der Waals surface area contributed by atoms with Gasteiger partial charge in [-0.25, -0.2) is 0 Å². The van der Waals surface area contributed by atoms with Crippen molar-refractivity contribution < 1.29 is 196 Å². The second kappa shape index (κ2) is 16.1. The number of hydrogen-bond acceptors (Lipinski definition) is 0. The van der Waals surface area contributed by atoms with Crippen molar-refractivity contribution in [1.29, 1.82) is 0 Å². The van der Waals surface area contributed by atoms with Crippen LogP contribution in [0.1, 0.15) is 0 Å². The van der Waals surface area contributed by atoms with Crippen molar-refractivity contribution in [3.8, 4) is 0 Å². The van der Waals surface area contributed by atoms with E-state index in [1.807, 2.05) is 0 Å². The fourth-order valence-electron chi connectivity index (χ4n) is 0. The van der Waals surface area contributed by atoms with Crippen molar-refractivity contribution in [3.63, 3.8) is 0 Å². The molecule has 0 unspecified atom stereocenters. The van der Waals surface area contributed by atoms with E-state index in [1.165, 1.54) is 0 Å². The largest absolute Gasteiger partial charge is 0 e. The van der Waals surface area contributed by atoms with E-state index in [4.69, 9.17) is 0 Å². The Kier molecular flexibility index (Phi) is 90.5. The minimum absolute atomic E-state index is 0. The topological polar surface area (TPSA) is 0 Å². The summed E-state index contributed by atoms with van der Waals surface area (Å²) in [5.74, 6) is 0. The minimum Gasteiger partial charge on any atom is 0 e. The van der Waals surface area contributed by atoms with Crippen LogP contribution in [-0.4, -0.2) is 0 Å².